The highest BCUT2D eigenvalue weighted by Crippen LogP contribution is 2.40. The molecule has 1 heterocycles. The molecule has 1 aromatic heterocycles. The monoisotopic (exact) mass is 467 g/mol. The first-order chi connectivity index (χ1) is 15.8. The van der Waals surface area contributed by atoms with E-state index >= 15 is 0 Å². The zero-order chi connectivity index (χ0) is 23.9. The van der Waals surface area contributed by atoms with Gasteiger partial charge in [-0.15, -0.1) is 0 Å². The van der Waals surface area contributed by atoms with E-state index in [1.165, 1.54) is 31.8 Å². The molecule has 0 saturated heterocycles. The summed E-state index contributed by atoms with van der Waals surface area (Å²) < 4.78 is 30.4. The van der Waals surface area contributed by atoms with Crippen LogP contribution in [0.4, 0.5) is 0 Å². The van der Waals surface area contributed by atoms with Crippen LogP contribution in [0, 0.1) is 0 Å². The molecule has 6 heteroatoms. The van der Waals surface area contributed by atoms with Crippen LogP contribution in [-0.2, 0) is 43.4 Å². The van der Waals surface area contributed by atoms with Gasteiger partial charge in [-0.3, -0.25) is 4.79 Å². The van der Waals surface area contributed by atoms with Crippen molar-refractivity contribution in [3.8, 4) is 0 Å². The number of aromatic nitrogens is 1. The molecule has 3 aromatic rings. The van der Waals surface area contributed by atoms with E-state index in [4.69, 9.17) is 4.74 Å². The summed E-state index contributed by atoms with van der Waals surface area (Å²) in [6.07, 6.45) is 7.94. The number of hydrogen-bond donors (Lipinski definition) is 1. The molecule has 0 aliphatic rings. The molecule has 0 radical (unpaired) electrons. The number of H-pyrrole nitrogens is 1. The number of unbranched alkanes of at least 4 members (excludes halogenated alkanes) is 2. The van der Waals surface area contributed by atoms with E-state index in [-0.39, 0.29) is 18.8 Å². The molecule has 0 aliphatic heterocycles. The molecular weight excluding hydrogens is 434 g/mol. The highest BCUT2D eigenvalue weighted by atomic mass is 32.2. The number of carbonyl (C=O) groups is 1. The third kappa shape index (κ3) is 5.74. The molecular formula is C27H33NO4S. The Morgan fingerprint density at radius 3 is 2.30 bits per heavy atom. The number of nitrogens with one attached hydrogen (secondary N) is 1. The molecule has 0 amide bonds. The molecule has 0 saturated carbocycles. The van der Waals surface area contributed by atoms with Crippen molar-refractivity contribution in [1.82, 2.24) is 4.98 Å². The number of methoxy groups -OCH3 is 1. The Bertz CT molecular complexity index is 1150. The number of aryl methyl sites for hydroxylation is 1. The van der Waals surface area contributed by atoms with E-state index < -0.39 is 14.6 Å². The summed E-state index contributed by atoms with van der Waals surface area (Å²) in [5.41, 5.74) is 4.14. The predicted molar refractivity (Wildman–Crippen MR) is 132 cm³/mol. The lowest BCUT2D eigenvalue weighted by atomic mass is 9.86. The molecule has 1 N–H and O–H groups in total. The van der Waals surface area contributed by atoms with Gasteiger partial charge < -0.3 is 9.72 Å². The van der Waals surface area contributed by atoms with E-state index in [1.54, 1.807) is 18.3 Å². The third-order valence-electron chi connectivity index (χ3n) is 6.18. The van der Waals surface area contributed by atoms with Crippen LogP contribution < -0.4 is 0 Å². The number of ether oxygens (including phenoxy) is 1. The lowest BCUT2D eigenvalue weighted by Crippen LogP contribution is -2.39. The highest BCUT2D eigenvalue weighted by molar-refractivity contribution is 7.91. The van der Waals surface area contributed by atoms with Crippen LogP contribution >= 0.6 is 0 Å². The Morgan fingerprint density at radius 1 is 0.970 bits per heavy atom. The summed E-state index contributed by atoms with van der Waals surface area (Å²) in [5.74, 6) is -0.365. The first-order valence-electron chi connectivity index (χ1n) is 11.4. The van der Waals surface area contributed by atoms with Gasteiger partial charge in [0, 0.05) is 24.6 Å². The van der Waals surface area contributed by atoms with Crippen molar-refractivity contribution in [1.29, 1.82) is 0 Å². The van der Waals surface area contributed by atoms with Crippen molar-refractivity contribution in [2.24, 2.45) is 0 Å². The Labute approximate surface area is 197 Å². The molecule has 0 spiro atoms. The normalized spacial score (nSPS) is 13.4. The number of carbonyl (C=O) groups excluding carboxylic acids is 1. The number of rotatable bonds is 11. The highest BCUT2D eigenvalue weighted by Gasteiger charge is 2.45. The minimum absolute atomic E-state index is 0.0847. The molecule has 2 aromatic carbocycles. The van der Waals surface area contributed by atoms with Crippen LogP contribution in [0.15, 0.2) is 66.9 Å². The summed E-state index contributed by atoms with van der Waals surface area (Å²) >= 11 is 0. The maximum atomic E-state index is 13.5. The van der Waals surface area contributed by atoms with Crippen molar-refractivity contribution < 1.29 is 17.9 Å². The van der Waals surface area contributed by atoms with Gasteiger partial charge in [0.25, 0.3) is 0 Å². The Balaban J connectivity index is 2.06. The first kappa shape index (κ1) is 24.8. The maximum absolute atomic E-state index is 13.5. The largest absolute Gasteiger partial charge is 0.469 e. The van der Waals surface area contributed by atoms with Crippen molar-refractivity contribution in [3.63, 3.8) is 0 Å². The summed E-state index contributed by atoms with van der Waals surface area (Å²) in [6, 6.07) is 19.1. The SMILES string of the molecule is CCCCCc1ccc(CC(c2cccc(CC(=O)OC)c2)(c2ccc[nH]2)S(C)(=O)=O)cc1. The summed E-state index contributed by atoms with van der Waals surface area (Å²) in [4.78, 5) is 15.0. The van der Waals surface area contributed by atoms with Gasteiger partial charge in [0.1, 0.15) is 4.75 Å². The number of sulfone groups is 1. The van der Waals surface area contributed by atoms with Crippen molar-refractivity contribution >= 4 is 15.8 Å². The molecule has 176 valence electrons. The Hall–Kier alpha value is -2.86. The molecule has 0 bridgehead atoms. The molecule has 3 rings (SSSR count). The molecule has 1 atom stereocenters. The fourth-order valence-corrected chi connectivity index (χ4v) is 5.85. The van der Waals surface area contributed by atoms with E-state index in [2.05, 4.69) is 24.0 Å². The van der Waals surface area contributed by atoms with Gasteiger partial charge in [0.05, 0.1) is 13.5 Å². The van der Waals surface area contributed by atoms with Crippen molar-refractivity contribution in [2.75, 3.05) is 13.4 Å². The number of benzene rings is 2. The third-order valence-corrected chi connectivity index (χ3v) is 8.05. The molecule has 5 nitrogen and oxygen atoms in total. The minimum atomic E-state index is -3.63. The van der Waals surface area contributed by atoms with Crippen LogP contribution in [0.5, 0.6) is 0 Å². The summed E-state index contributed by atoms with van der Waals surface area (Å²) in [7, 11) is -2.28. The van der Waals surface area contributed by atoms with Gasteiger partial charge >= 0.3 is 5.97 Å². The van der Waals surface area contributed by atoms with Gasteiger partial charge in [-0.05, 0) is 47.2 Å². The minimum Gasteiger partial charge on any atom is -0.469 e. The summed E-state index contributed by atoms with van der Waals surface area (Å²) in [6.45, 7) is 2.19. The molecule has 1 unspecified atom stereocenters. The Kier molecular flexibility index (Phi) is 8.14. The zero-order valence-corrected chi connectivity index (χ0v) is 20.5. The quantitative estimate of drug-likeness (QED) is 0.318. The molecule has 0 fully saturated rings. The van der Waals surface area contributed by atoms with Crippen LogP contribution in [0.3, 0.4) is 0 Å². The van der Waals surface area contributed by atoms with Gasteiger partial charge in [-0.25, -0.2) is 8.42 Å². The second kappa shape index (κ2) is 10.8. The van der Waals surface area contributed by atoms with E-state index in [0.29, 0.717) is 16.8 Å². The van der Waals surface area contributed by atoms with E-state index in [0.717, 1.165) is 18.4 Å². The average molecular weight is 468 g/mol. The van der Waals surface area contributed by atoms with Gasteiger partial charge in [0.15, 0.2) is 9.84 Å². The van der Waals surface area contributed by atoms with Gasteiger partial charge in [0.2, 0.25) is 0 Å². The standard InChI is InChI=1S/C27H33NO4S/c1-4-5-6-9-21-13-15-22(16-14-21)20-27(33(3,30)31,25-12-8-17-28-25)24-11-7-10-23(18-24)19-26(29)32-2/h7-8,10-18,28H,4-6,9,19-20H2,1-3H3. The van der Waals surface area contributed by atoms with Crippen LogP contribution in [0.25, 0.3) is 0 Å². The van der Waals surface area contributed by atoms with E-state index in [1.807, 2.05) is 36.4 Å². The fraction of sp³-hybridized carbons (Fsp3) is 0.370. The van der Waals surface area contributed by atoms with E-state index in [9.17, 15) is 13.2 Å². The molecule has 0 aliphatic carbocycles. The van der Waals surface area contributed by atoms with Crippen LogP contribution in [-0.4, -0.2) is 32.7 Å². The smallest absolute Gasteiger partial charge is 0.309 e. The average Bonchev–Trinajstić information content (AvgIpc) is 3.33. The Morgan fingerprint density at radius 2 is 1.70 bits per heavy atom. The zero-order valence-electron chi connectivity index (χ0n) is 19.6. The van der Waals surface area contributed by atoms with Crippen LogP contribution in [0.1, 0.15) is 54.1 Å². The lowest BCUT2D eigenvalue weighted by molar-refractivity contribution is -0.139. The molecule has 33 heavy (non-hydrogen) atoms. The van der Waals surface area contributed by atoms with Crippen LogP contribution in [0.2, 0.25) is 0 Å². The maximum Gasteiger partial charge on any atom is 0.309 e. The van der Waals surface area contributed by atoms with Gasteiger partial charge in [-0.1, -0.05) is 68.3 Å². The second-order valence-electron chi connectivity index (χ2n) is 8.59. The number of aromatic amines is 1. The number of esters is 1. The number of hydrogen-bond acceptors (Lipinski definition) is 4. The van der Waals surface area contributed by atoms with Crippen molar-refractivity contribution in [3.05, 3.63) is 94.8 Å². The predicted octanol–water partition coefficient (Wildman–Crippen LogP) is 4.99. The fourth-order valence-electron chi connectivity index (χ4n) is 4.34. The topological polar surface area (TPSA) is 76.2 Å². The lowest BCUT2D eigenvalue weighted by Gasteiger charge is -2.32. The van der Waals surface area contributed by atoms with Crippen molar-refractivity contribution in [2.45, 2.75) is 50.2 Å². The van der Waals surface area contributed by atoms with Gasteiger partial charge in [-0.2, -0.15) is 0 Å². The summed E-state index contributed by atoms with van der Waals surface area (Å²) in [5, 5.41) is 0. The second-order valence-corrected chi connectivity index (χ2v) is 10.8. The first-order valence-corrected chi connectivity index (χ1v) is 13.3.